The Labute approximate surface area is 83.8 Å². The van der Waals surface area contributed by atoms with Crippen molar-refractivity contribution in [3.05, 3.63) is 35.9 Å². The molecule has 1 saturated heterocycles. The summed E-state index contributed by atoms with van der Waals surface area (Å²) in [6.07, 6.45) is 0. The van der Waals surface area contributed by atoms with Gasteiger partial charge in [-0.2, -0.15) is 0 Å². The van der Waals surface area contributed by atoms with E-state index >= 15 is 0 Å². The largest absolute Gasteiger partial charge is 0.378 e. The minimum absolute atomic E-state index is 0.605. The highest BCUT2D eigenvalue weighted by atomic mass is 16.5. The summed E-state index contributed by atoms with van der Waals surface area (Å²) in [5, 5.41) is 7.99. The number of morpholine rings is 1. The van der Waals surface area contributed by atoms with Crippen LogP contribution in [0.3, 0.4) is 0 Å². The molecular weight excluding hydrogens is 176 g/mol. The summed E-state index contributed by atoms with van der Waals surface area (Å²) >= 11 is 0. The Bertz CT molecular complexity index is 304. The van der Waals surface area contributed by atoms with Crippen LogP contribution in [0.15, 0.2) is 30.3 Å². The second-order valence-corrected chi connectivity index (χ2v) is 3.31. The van der Waals surface area contributed by atoms with E-state index in [1.54, 1.807) is 0 Å². The van der Waals surface area contributed by atoms with Crippen molar-refractivity contribution in [1.82, 2.24) is 4.90 Å². The lowest BCUT2D eigenvalue weighted by molar-refractivity contribution is 0.0680. The molecule has 1 aromatic rings. The van der Waals surface area contributed by atoms with E-state index in [9.17, 15) is 0 Å². The van der Waals surface area contributed by atoms with Gasteiger partial charge < -0.3 is 9.64 Å². The molecule has 74 valence electrons. The van der Waals surface area contributed by atoms with Gasteiger partial charge in [0, 0.05) is 18.7 Å². The zero-order chi connectivity index (χ0) is 9.80. The Balaban J connectivity index is 2.07. The van der Waals surface area contributed by atoms with Crippen LogP contribution in [-0.2, 0) is 4.74 Å². The summed E-state index contributed by atoms with van der Waals surface area (Å²) in [6.45, 7) is 3.12. The van der Waals surface area contributed by atoms with Gasteiger partial charge in [-0.05, 0) is 0 Å². The molecule has 0 aliphatic carbocycles. The van der Waals surface area contributed by atoms with Crippen LogP contribution in [0.1, 0.15) is 5.56 Å². The minimum Gasteiger partial charge on any atom is -0.378 e. The second kappa shape index (κ2) is 4.24. The zero-order valence-corrected chi connectivity index (χ0v) is 8.07. The average Bonchev–Trinajstić information content (AvgIpc) is 2.30. The Morgan fingerprint density at radius 2 is 1.79 bits per heavy atom. The molecule has 0 saturated carbocycles. The molecule has 1 heterocycles. The molecule has 2 rings (SSSR count). The number of hydrogen-bond donors (Lipinski definition) is 1. The van der Waals surface area contributed by atoms with Gasteiger partial charge in [-0.3, -0.25) is 5.41 Å². The van der Waals surface area contributed by atoms with Gasteiger partial charge in [0.15, 0.2) is 0 Å². The maximum absolute atomic E-state index is 7.99. The standard InChI is InChI=1S/C11H14N2O/c12-11(10-4-2-1-3-5-10)13-6-8-14-9-7-13/h1-5,12H,6-9H2. The Morgan fingerprint density at radius 3 is 2.43 bits per heavy atom. The highest BCUT2D eigenvalue weighted by molar-refractivity contribution is 5.96. The van der Waals surface area contributed by atoms with E-state index in [2.05, 4.69) is 4.90 Å². The Kier molecular flexibility index (Phi) is 2.79. The third-order valence-electron chi connectivity index (χ3n) is 2.37. The maximum atomic E-state index is 7.99. The predicted octanol–water partition coefficient (Wildman–Crippen LogP) is 1.34. The van der Waals surface area contributed by atoms with Gasteiger partial charge >= 0.3 is 0 Å². The smallest absolute Gasteiger partial charge is 0.128 e. The second-order valence-electron chi connectivity index (χ2n) is 3.31. The van der Waals surface area contributed by atoms with E-state index < -0.39 is 0 Å². The van der Waals surface area contributed by atoms with Gasteiger partial charge in [0.05, 0.1) is 13.2 Å². The number of benzene rings is 1. The normalized spacial score (nSPS) is 16.7. The molecule has 0 amide bonds. The third-order valence-corrected chi connectivity index (χ3v) is 2.37. The lowest BCUT2D eigenvalue weighted by Crippen LogP contribution is -2.40. The highest BCUT2D eigenvalue weighted by Gasteiger charge is 2.14. The van der Waals surface area contributed by atoms with E-state index in [4.69, 9.17) is 10.1 Å². The monoisotopic (exact) mass is 190 g/mol. The van der Waals surface area contributed by atoms with Crippen molar-refractivity contribution in [3.8, 4) is 0 Å². The van der Waals surface area contributed by atoms with Crippen LogP contribution in [-0.4, -0.2) is 37.0 Å². The molecule has 0 unspecified atom stereocenters. The fraction of sp³-hybridized carbons (Fsp3) is 0.364. The van der Waals surface area contributed by atoms with Crippen molar-refractivity contribution >= 4 is 5.84 Å². The number of amidine groups is 1. The molecule has 1 aliphatic rings. The van der Waals surface area contributed by atoms with Crippen LogP contribution in [0.5, 0.6) is 0 Å². The van der Waals surface area contributed by atoms with Gasteiger partial charge in [0.2, 0.25) is 0 Å². The molecule has 0 bridgehead atoms. The molecule has 1 fully saturated rings. The first kappa shape index (κ1) is 9.21. The lowest BCUT2D eigenvalue weighted by atomic mass is 10.2. The zero-order valence-electron chi connectivity index (χ0n) is 8.07. The summed E-state index contributed by atoms with van der Waals surface area (Å²) in [4.78, 5) is 2.05. The molecule has 1 N–H and O–H groups in total. The summed E-state index contributed by atoms with van der Waals surface area (Å²) in [6, 6.07) is 9.83. The topological polar surface area (TPSA) is 36.3 Å². The SMILES string of the molecule is N=C(c1ccccc1)N1CCOCC1. The molecule has 1 aliphatic heterocycles. The molecule has 3 nitrogen and oxygen atoms in total. The van der Waals surface area contributed by atoms with Crippen molar-refractivity contribution in [2.24, 2.45) is 0 Å². The van der Waals surface area contributed by atoms with Crippen LogP contribution in [0, 0.1) is 5.41 Å². The van der Waals surface area contributed by atoms with E-state index in [0.717, 1.165) is 31.9 Å². The fourth-order valence-corrected chi connectivity index (χ4v) is 1.57. The van der Waals surface area contributed by atoms with E-state index in [0.29, 0.717) is 5.84 Å². The summed E-state index contributed by atoms with van der Waals surface area (Å²) in [5.41, 5.74) is 0.981. The first-order valence-corrected chi connectivity index (χ1v) is 4.84. The molecule has 14 heavy (non-hydrogen) atoms. The highest BCUT2D eigenvalue weighted by Crippen LogP contribution is 2.06. The summed E-state index contributed by atoms with van der Waals surface area (Å²) < 4.78 is 5.25. The molecule has 0 aromatic heterocycles. The molecule has 0 spiro atoms. The summed E-state index contributed by atoms with van der Waals surface area (Å²) in [7, 11) is 0. The van der Waals surface area contributed by atoms with Gasteiger partial charge in [-0.15, -0.1) is 0 Å². The van der Waals surface area contributed by atoms with Crippen LogP contribution in [0.2, 0.25) is 0 Å². The number of hydrogen-bond acceptors (Lipinski definition) is 2. The van der Waals surface area contributed by atoms with Crippen molar-refractivity contribution in [1.29, 1.82) is 5.41 Å². The van der Waals surface area contributed by atoms with Crippen molar-refractivity contribution in [3.63, 3.8) is 0 Å². The van der Waals surface area contributed by atoms with E-state index in [1.165, 1.54) is 0 Å². The molecule has 0 radical (unpaired) electrons. The van der Waals surface area contributed by atoms with Crippen molar-refractivity contribution in [2.75, 3.05) is 26.3 Å². The number of nitrogens with zero attached hydrogens (tertiary/aromatic N) is 1. The molecular formula is C11H14N2O. The first-order valence-electron chi connectivity index (χ1n) is 4.84. The minimum atomic E-state index is 0.605. The average molecular weight is 190 g/mol. The van der Waals surface area contributed by atoms with Gasteiger partial charge in [-0.1, -0.05) is 30.3 Å². The van der Waals surface area contributed by atoms with Crippen LogP contribution >= 0.6 is 0 Å². The summed E-state index contributed by atoms with van der Waals surface area (Å²) in [5.74, 6) is 0.605. The first-order chi connectivity index (χ1) is 6.88. The predicted molar refractivity (Wildman–Crippen MR) is 55.7 cm³/mol. The van der Waals surface area contributed by atoms with Gasteiger partial charge in [0.25, 0.3) is 0 Å². The van der Waals surface area contributed by atoms with Gasteiger partial charge in [-0.25, -0.2) is 0 Å². The van der Waals surface area contributed by atoms with E-state index in [-0.39, 0.29) is 0 Å². The molecule has 1 aromatic carbocycles. The Morgan fingerprint density at radius 1 is 1.14 bits per heavy atom. The molecule has 3 heteroatoms. The number of ether oxygens (including phenoxy) is 1. The fourth-order valence-electron chi connectivity index (χ4n) is 1.57. The van der Waals surface area contributed by atoms with E-state index in [1.807, 2.05) is 30.3 Å². The maximum Gasteiger partial charge on any atom is 0.128 e. The molecule has 0 atom stereocenters. The van der Waals surface area contributed by atoms with Crippen LogP contribution in [0.4, 0.5) is 0 Å². The number of rotatable bonds is 1. The van der Waals surface area contributed by atoms with Crippen molar-refractivity contribution < 1.29 is 4.74 Å². The third kappa shape index (κ3) is 1.93. The van der Waals surface area contributed by atoms with Crippen molar-refractivity contribution in [2.45, 2.75) is 0 Å². The Hall–Kier alpha value is -1.35. The quantitative estimate of drug-likeness (QED) is 0.536. The van der Waals surface area contributed by atoms with Crippen LogP contribution < -0.4 is 0 Å². The van der Waals surface area contributed by atoms with Gasteiger partial charge in [0.1, 0.15) is 5.84 Å². The number of nitrogens with one attached hydrogen (secondary N) is 1. The lowest BCUT2D eigenvalue weighted by Gasteiger charge is -2.29. The van der Waals surface area contributed by atoms with Crippen LogP contribution in [0.25, 0.3) is 0 Å².